The Morgan fingerprint density at radius 1 is 0.962 bits per heavy atom. The quantitative estimate of drug-likeness (QED) is 0.501. The summed E-state index contributed by atoms with van der Waals surface area (Å²) in [6.45, 7) is 8.87. The van der Waals surface area contributed by atoms with E-state index in [1.54, 1.807) is 6.33 Å². The summed E-state index contributed by atoms with van der Waals surface area (Å²) in [5.74, 6) is 1.61. The van der Waals surface area contributed by atoms with Gasteiger partial charge in [-0.1, -0.05) is 45.9 Å². The number of nitrogens with zero attached hydrogens (tertiary/aromatic N) is 4. The molecule has 2 aromatic heterocycles. The van der Waals surface area contributed by atoms with Crippen molar-refractivity contribution >= 4 is 11.1 Å². The number of para-hydroxylation sites is 1. The number of oxazole rings is 1. The average molecular weight is 346 g/mol. The van der Waals surface area contributed by atoms with Crippen LogP contribution in [0.2, 0.25) is 0 Å². The molecule has 0 aliphatic heterocycles. The average Bonchev–Trinajstić information content (AvgIpc) is 3.29. The fourth-order valence-corrected chi connectivity index (χ4v) is 3.38. The molecule has 2 aromatic carbocycles. The van der Waals surface area contributed by atoms with E-state index < -0.39 is 0 Å². The Bertz CT molecular complexity index is 1030. The van der Waals surface area contributed by atoms with Crippen LogP contribution in [0.25, 0.3) is 28.2 Å². The molecule has 0 saturated carbocycles. The fraction of sp³-hybridized carbons (Fsp3) is 0.286. The molecule has 0 saturated heterocycles. The molecule has 0 spiro atoms. The predicted molar refractivity (Wildman–Crippen MR) is 103 cm³/mol. The first-order valence-electron chi connectivity index (χ1n) is 8.93. The van der Waals surface area contributed by atoms with Crippen LogP contribution >= 0.6 is 0 Å². The van der Waals surface area contributed by atoms with Crippen LogP contribution in [0.1, 0.15) is 50.7 Å². The number of hydrogen-bond acceptors (Lipinski definition) is 4. The standard InChI is InChI=1S/C21H22N4O/c1-13(2)16-6-5-7-17(14(3)4)20(16)25-11-23-24-21(25)15-8-9-19-18(10-15)22-12-26-19/h5-14H,1-4H3. The Balaban J connectivity index is 1.95. The highest BCUT2D eigenvalue weighted by Gasteiger charge is 2.19. The molecule has 4 aromatic rings. The summed E-state index contributed by atoms with van der Waals surface area (Å²) >= 11 is 0. The maximum atomic E-state index is 5.35. The highest BCUT2D eigenvalue weighted by atomic mass is 16.3. The van der Waals surface area contributed by atoms with Gasteiger partial charge in [-0.15, -0.1) is 10.2 Å². The van der Waals surface area contributed by atoms with Gasteiger partial charge in [0.2, 0.25) is 0 Å². The molecule has 0 unspecified atom stereocenters. The summed E-state index contributed by atoms with van der Waals surface area (Å²) in [6.07, 6.45) is 3.26. The van der Waals surface area contributed by atoms with Gasteiger partial charge in [0.25, 0.3) is 0 Å². The van der Waals surface area contributed by atoms with Gasteiger partial charge in [0.15, 0.2) is 17.8 Å². The van der Waals surface area contributed by atoms with Crippen molar-refractivity contribution in [3.05, 3.63) is 60.2 Å². The zero-order valence-corrected chi connectivity index (χ0v) is 15.5. The van der Waals surface area contributed by atoms with Crippen LogP contribution in [0.15, 0.2) is 53.5 Å². The van der Waals surface area contributed by atoms with Gasteiger partial charge in [0.1, 0.15) is 11.8 Å². The van der Waals surface area contributed by atoms with Gasteiger partial charge in [0, 0.05) is 5.56 Å². The number of aromatic nitrogens is 4. The predicted octanol–water partition coefficient (Wildman–Crippen LogP) is 5.32. The van der Waals surface area contributed by atoms with Crippen molar-refractivity contribution < 1.29 is 4.42 Å². The van der Waals surface area contributed by atoms with Gasteiger partial charge in [0.05, 0.1) is 5.69 Å². The van der Waals surface area contributed by atoms with E-state index in [4.69, 9.17) is 4.42 Å². The zero-order chi connectivity index (χ0) is 18.3. The molecule has 4 rings (SSSR count). The van der Waals surface area contributed by atoms with Crippen LogP contribution in [0, 0.1) is 0 Å². The smallest absolute Gasteiger partial charge is 0.181 e. The van der Waals surface area contributed by atoms with Crippen molar-refractivity contribution in [3.8, 4) is 17.1 Å². The third-order valence-electron chi connectivity index (χ3n) is 4.72. The van der Waals surface area contributed by atoms with Crippen molar-refractivity contribution in [1.82, 2.24) is 19.7 Å². The second-order valence-electron chi connectivity index (χ2n) is 7.15. The summed E-state index contributed by atoms with van der Waals surface area (Å²) < 4.78 is 7.46. The number of fused-ring (bicyclic) bond motifs is 1. The molecule has 0 radical (unpaired) electrons. The summed E-state index contributed by atoms with van der Waals surface area (Å²) in [6, 6.07) is 12.4. The lowest BCUT2D eigenvalue weighted by molar-refractivity contribution is 0.602. The summed E-state index contributed by atoms with van der Waals surface area (Å²) in [5, 5.41) is 8.62. The van der Waals surface area contributed by atoms with Gasteiger partial charge in [-0.25, -0.2) is 4.98 Å². The molecule has 2 heterocycles. The maximum absolute atomic E-state index is 5.35. The van der Waals surface area contributed by atoms with E-state index in [-0.39, 0.29) is 0 Å². The Labute approximate surface area is 152 Å². The number of rotatable bonds is 4. The maximum Gasteiger partial charge on any atom is 0.181 e. The first-order chi connectivity index (χ1) is 12.6. The molecule has 132 valence electrons. The van der Waals surface area contributed by atoms with Gasteiger partial charge in [-0.3, -0.25) is 4.57 Å². The van der Waals surface area contributed by atoms with Crippen molar-refractivity contribution in [3.63, 3.8) is 0 Å². The Morgan fingerprint density at radius 3 is 2.38 bits per heavy atom. The first-order valence-corrected chi connectivity index (χ1v) is 8.93. The minimum absolute atomic E-state index is 0.400. The van der Waals surface area contributed by atoms with Crippen LogP contribution in [0.4, 0.5) is 0 Å². The van der Waals surface area contributed by atoms with Crippen molar-refractivity contribution in [2.75, 3.05) is 0 Å². The second kappa shape index (κ2) is 6.41. The first kappa shape index (κ1) is 16.5. The number of benzene rings is 2. The van der Waals surface area contributed by atoms with Crippen LogP contribution in [-0.4, -0.2) is 19.7 Å². The highest BCUT2D eigenvalue weighted by molar-refractivity contribution is 5.78. The van der Waals surface area contributed by atoms with Crippen LogP contribution < -0.4 is 0 Å². The van der Waals surface area contributed by atoms with E-state index in [2.05, 4.69) is 65.6 Å². The monoisotopic (exact) mass is 346 g/mol. The van der Waals surface area contributed by atoms with E-state index in [1.807, 2.05) is 18.2 Å². The molecule has 0 amide bonds. The summed E-state index contributed by atoms with van der Waals surface area (Å²) in [4.78, 5) is 4.26. The Kier molecular flexibility index (Phi) is 4.07. The third kappa shape index (κ3) is 2.69. The zero-order valence-electron chi connectivity index (χ0n) is 15.5. The van der Waals surface area contributed by atoms with Crippen LogP contribution in [-0.2, 0) is 0 Å². The molecular weight excluding hydrogens is 324 g/mol. The minimum Gasteiger partial charge on any atom is -0.443 e. The van der Waals surface area contributed by atoms with E-state index in [9.17, 15) is 0 Å². The Morgan fingerprint density at radius 2 is 1.69 bits per heavy atom. The van der Waals surface area contributed by atoms with E-state index in [1.165, 1.54) is 23.2 Å². The molecule has 26 heavy (non-hydrogen) atoms. The Hall–Kier alpha value is -2.95. The van der Waals surface area contributed by atoms with Crippen molar-refractivity contribution in [1.29, 1.82) is 0 Å². The minimum atomic E-state index is 0.400. The lowest BCUT2D eigenvalue weighted by atomic mass is 9.92. The molecule has 0 bridgehead atoms. The normalized spacial score (nSPS) is 11.8. The van der Waals surface area contributed by atoms with E-state index in [0.29, 0.717) is 11.8 Å². The summed E-state index contributed by atoms with van der Waals surface area (Å²) in [5.41, 5.74) is 6.32. The molecule has 0 fully saturated rings. The fourth-order valence-electron chi connectivity index (χ4n) is 3.38. The molecule has 0 aliphatic carbocycles. The highest BCUT2D eigenvalue weighted by Crippen LogP contribution is 2.33. The molecule has 0 atom stereocenters. The lowest BCUT2D eigenvalue weighted by Gasteiger charge is -2.21. The van der Waals surface area contributed by atoms with E-state index in [0.717, 1.165) is 22.5 Å². The largest absolute Gasteiger partial charge is 0.443 e. The van der Waals surface area contributed by atoms with Gasteiger partial charge >= 0.3 is 0 Å². The van der Waals surface area contributed by atoms with Crippen molar-refractivity contribution in [2.24, 2.45) is 0 Å². The summed E-state index contributed by atoms with van der Waals surface area (Å²) in [7, 11) is 0. The molecule has 0 N–H and O–H groups in total. The molecule has 5 nitrogen and oxygen atoms in total. The van der Waals surface area contributed by atoms with Crippen molar-refractivity contribution in [2.45, 2.75) is 39.5 Å². The van der Waals surface area contributed by atoms with Crippen LogP contribution in [0.3, 0.4) is 0 Å². The lowest BCUT2D eigenvalue weighted by Crippen LogP contribution is -2.07. The van der Waals surface area contributed by atoms with Gasteiger partial charge in [-0.05, 0) is 41.2 Å². The third-order valence-corrected chi connectivity index (χ3v) is 4.72. The molecule has 5 heteroatoms. The SMILES string of the molecule is CC(C)c1cccc(C(C)C)c1-n1cnnc1-c1ccc2ocnc2c1. The van der Waals surface area contributed by atoms with Gasteiger partial charge in [-0.2, -0.15) is 0 Å². The van der Waals surface area contributed by atoms with Gasteiger partial charge < -0.3 is 4.42 Å². The number of hydrogen-bond donors (Lipinski definition) is 0. The molecular formula is C21H22N4O. The molecule has 0 aliphatic rings. The van der Waals surface area contributed by atoms with Crippen LogP contribution in [0.5, 0.6) is 0 Å². The topological polar surface area (TPSA) is 56.7 Å². The second-order valence-corrected chi connectivity index (χ2v) is 7.15. The van der Waals surface area contributed by atoms with E-state index >= 15 is 0 Å².